The molecule has 1 aromatic rings. The van der Waals surface area contributed by atoms with E-state index >= 15 is 0 Å². The number of benzene rings is 1. The summed E-state index contributed by atoms with van der Waals surface area (Å²) in [6.07, 6.45) is 3.72. The van der Waals surface area contributed by atoms with Crippen molar-refractivity contribution in [1.29, 1.82) is 0 Å². The second-order valence-corrected chi connectivity index (χ2v) is 6.30. The number of nitrogens with one attached hydrogen (secondary N) is 1. The van der Waals surface area contributed by atoms with Gasteiger partial charge in [-0.1, -0.05) is 11.6 Å². The highest BCUT2D eigenvalue weighted by atomic mass is 35.5. The average Bonchev–Trinajstić information content (AvgIpc) is 2.83. The molecule has 2 amide bonds. The summed E-state index contributed by atoms with van der Waals surface area (Å²) in [6.45, 7) is 1.93. The summed E-state index contributed by atoms with van der Waals surface area (Å²) in [5, 5.41) is 0.477. The largest absolute Gasteiger partial charge is 0.495 e. The van der Waals surface area contributed by atoms with E-state index in [9.17, 15) is 9.59 Å². The highest BCUT2D eigenvalue weighted by Gasteiger charge is 2.46. The van der Waals surface area contributed by atoms with Crippen molar-refractivity contribution >= 4 is 29.1 Å². The molecule has 0 aromatic heterocycles. The summed E-state index contributed by atoms with van der Waals surface area (Å²) in [5.74, 6) is 0.177. The van der Waals surface area contributed by atoms with Crippen LogP contribution in [0.2, 0.25) is 5.02 Å². The smallest absolute Gasteiger partial charge is 0.292 e. The molecule has 5 nitrogen and oxygen atoms in total. The number of halogens is 1. The maximum absolute atomic E-state index is 12.8. The number of anilines is 1. The molecule has 2 aliphatic rings. The SMILES string of the molecule is COc1ccc(Cl)cc1N1C(=O)C[C@H]([NH+]2CCCCC2)C1=O. The summed E-state index contributed by atoms with van der Waals surface area (Å²) in [4.78, 5) is 27.7. The molecule has 0 saturated carbocycles. The predicted octanol–water partition coefficient (Wildman–Crippen LogP) is 1.05. The number of quaternary nitrogens is 1. The Morgan fingerprint density at radius 3 is 2.64 bits per heavy atom. The maximum Gasteiger partial charge on any atom is 0.292 e. The molecular weight excluding hydrogens is 304 g/mol. The van der Waals surface area contributed by atoms with Crippen LogP contribution in [0.25, 0.3) is 0 Å². The molecule has 1 N–H and O–H groups in total. The Balaban J connectivity index is 1.90. The lowest BCUT2D eigenvalue weighted by Crippen LogP contribution is -3.17. The third kappa shape index (κ3) is 2.71. The van der Waals surface area contributed by atoms with E-state index < -0.39 is 0 Å². The number of hydrogen-bond acceptors (Lipinski definition) is 3. The highest BCUT2D eigenvalue weighted by Crippen LogP contribution is 2.34. The molecule has 1 atom stereocenters. The van der Waals surface area contributed by atoms with Crippen LogP contribution in [0.3, 0.4) is 0 Å². The molecule has 118 valence electrons. The summed E-state index contributed by atoms with van der Waals surface area (Å²) < 4.78 is 5.28. The summed E-state index contributed by atoms with van der Waals surface area (Å²) in [7, 11) is 1.52. The van der Waals surface area contributed by atoms with Crippen molar-refractivity contribution in [3.8, 4) is 5.75 Å². The van der Waals surface area contributed by atoms with E-state index in [4.69, 9.17) is 16.3 Å². The minimum absolute atomic E-state index is 0.137. The van der Waals surface area contributed by atoms with Crippen LogP contribution in [0.1, 0.15) is 25.7 Å². The van der Waals surface area contributed by atoms with Crippen LogP contribution in [0.5, 0.6) is 5.75 Å². The van der Waals surface area contributed by atoms with Crippen LogP contribution < -0.4 is 14.5 Å². The summed E-state index contributed by atoms with van der Waals surface area (Å²) >= 11 is 6.02. The normalized spacial score (nSPS) is 23.2. The van der Waals surface area contributed by atoms with Crippen molar-refractivity contribution in [2.75, 3.05) is 25.1 Å². The number of amides is 2. The van der Waals surface area contributed by atoms with Crippen molar-refractivity contribution in [2.24, 2.45) is 0 Å². The molecule has 2 heterocycles. The third-order valence-electron chi connectivity index (χ3n) is 4.52. The fraction of sp³-hybridized carbons (Fsp3) is 0.500. The quantitative estimate of drug-likeness (QED) is 0.846. The van der Waals surface area contributed by atoms with Gasteiger partial charge in [0.05, 0.1) is 32.3 Å². The van der Waals surface area contributed by atoms with E-state index in [2.05, 4.69) is 0 Å². The zero-order chi connectivity index (χ0) is 15.7. The maximum atomic E-state index is 12.8. The minimum atomic E-state index is -0.267. The number of nitrogens with zero attached hydrogens (tertiary/aromatic N) is 1. The number of likely N-dealkylation sites (tertiary alicyclic amines) is 1. The van der Waals surface area contributed by atoms with Crippen LogP contribution in [0.15, 0.2) is 18.2 Å². The number of piperidine rings is 1. The number of methoxy groups -OCH3 is 1. The lowest BCUT2D eigenvalue weighted by atomic mass is 10.1. The summed E-state index contributed by atoms with van der Waals surface area (Å²) in [6, 6.07) is 4.71. The van der Waals surface area contributed by atoms with Crippen LogP contribution in [0.4, 0.5) is 5.69 Å². The molecule has 1 aromatic carbocycles. The first-order valence-electron chi connectivity index (χ1n) is 7.66. The molecule has 0 bridgehead atoms. The van der Waals surface area contributed by atoms with E-state index in [0.29, 0.717) is 16.5 Å². The second kappa shape index (κ2) is 6.26. The Labute approximate surface area is 134 Å². The van der Waals surface area contributed by atoms with Gasteiger partial charge in [-0.05, 0) is 37.5 Å². The lowest BCUT2D eigenvalue weighted by molar-refractivity contribution is -0.919. The van der Waals surface area contributed by atoms with E-state index in [1.54, 1.807) is 18.2 Å². The first-order chi connectivity index (χ1) is 10.6. The minimum Gasteiger partial charge on any atom is -0.495 e. The van der Waals surface area contributed by atoms with Gasteiger partial charge < -0.3 is 9.64 Å². The van der Waals surface area contributed by atoms with E-state index in [1.165, 1.54) is 23.3 Å². The monoisotopic (exact) mass is 323 g/mol. The average molecular weight is 324 g/mol. The van der Waals surface area contributed by atoms with Crippen LogP contribution in [0, 0.1) is 0 Å². The van der Waals surface area contributed by atoms with Gasteiger partial charge in [-0.2, -0.15) is 0 Å². The lowest BCUT2D eigenvalue weighted by Gasteiger charge is -2.27. The number of ether oxygens (including phenoxy) is 1. The Morgan fingerprint density at radius 1 is 1.23 bits per heavy atom. The molecule has 0 radical (unpaired) electrons. The predicted molar refractivity (Wildman–Crippen MR) is 83.4 cm³/mol. The molecule has 2 saturated heterocycles. The molecule has 22 heavy (non-hydrogen) atoms. The number of carbonyl (C=O) groups excluding carboxylic acids is 2. The standard InChI is InChI=1S/C16H19ClN2O3/c1-22-14-6-5-11(17)9-12(14)19-15(20)10-13(16(19)21)18-7-3-2-4-8-18/h5-6,9,13H,2-4,7-8,10H2,1H3/p+1/t13-/m0/s1. The fourth-order valence-electron chi connectivity index (χ4n) is 3.40. The molecule has 0 unspecified atom stereocenters. The van der Waals surface area contributed by atoms with Gasteiger partial charge in [0.1, 0.15) is 5.75 Å². The van der Waals surface area contributed by atoms with E-state index in [-0.39, 0.29) is 24.3 Å². The second-order valence-electron chi connectivity index (χ2n) is 5.86. The van der Waals surface area contributed by atoms with Gasteiger partial charge in [0.25, 0.3) is 5.91 Å². The van der Waals surface area contributed by atoms with Crippen molar-refractivity contribution < 1.29 is 19.2 Å². The van der Waals surface area contributed by atoms with Gasteiger partial charge in [0.15, 0.2) is 6.04 Å². The first-order valence-corrected chi connectivity index (χ1v) is 8.04. The number of carbonyl (C=O) groups is 2. The zero-order valence-electron chi connectivity index (χ0n) is 12.6. The van der Waals surface area contributed by atoms with E-state index in [0.717, 1.165) is 25.9 Å². The van der Waals surface area contributed by atoms with Crippen molar-refractivity contribution in [1.82, 2.24) is 0 Å². The van der Waals surface area contributed by atoms with E-state index in [1.807, 2.05) is 0 Å². The fourth-order valence-corrected chi connectivity index (χ4v) is 3.56. The topological polar surface area (TPSA) is 51.0 Å². The van der Waals surface area contributed by atoms with Gasteiger partial charge in [-0.25, -0.2) is 4.90 Å². The molecule has 0 aliphatic carbocycles. The van der Waals surface area contributed by atoms with Crippen molar-refractivity contribution in [2.45, 2.75) is 31.7 Å². The highest BCUT2D eigenvalue weighted by molar-refractivity contribution is 6.31. The summed E-state index contributed by atoms with van der Waals surface area (Å²) in [5.41, 5.74) is 0.448. The molecule has 2 aliphatic heterocycles. The van der Waals surface area contributed by atoms with Crippen LogP contribution in [-0.2, 0) is 9.59 Å². The molecular formula is C16H20ClN2O3+. The van der Waals surface area contributed by atoms with Gasteiger partial charge in [-0.15, -0.1) is 0 Å². The number of imide groups is 1. The molecule has 2 fully saturated rings. The molecule has 3 rings (SSSR count). The zero-order valence-corrected chi connectivity index (χ0v) is 13.4. The Bertz CT molecular complexity index is 599. The Kier molecular flexibility index (Phi) is 4.36. The van der Waals surface area contributed by atoms with Gasteiger partial charge in [0, 0.05) is 5.02 Å². The van der Waals surface area contributed by atoms with Gasteiger partial charge >= 0.3 is 0 Å². The van der Waals surface area contributed by atoms with Crippen LogP contribution in [-0.4, -0.2) is 38.1 Å². The van der Waals surface area contributed by atoms with Gasteiger partial charge in [-0.3, -0.25) is 9.59 Å². The Morgan fingerprint density at radius 2 is 1.95 bits per heavy atom. The van der Waals surface area contributed by atoms with Crippen molar-refractivity contribution in [3.05, 3.63) is 23.2 Å². The number of hydrogen-bond donors (Lipinski definition) is 1. The Hall–Kier alpha value is -1.59. The number of rotatable bonds is 3. The van der Waals surface area contributed by atoms with Gasteiger partial charge in [0.2, 0.25) is 5.91 Å². The first kappa shape index (κ1) is 15.3. The molecule has 0 spiro atoms. The third-order valence-corrected chi connectivity index (χ3v) is 4.75. The van der Waals surface area contributed by atoms with Crippen LogP contribution >= 0.6 is 11.6 Å². The molecule has 6 heteroatoms. The van der Waals surface area contributed by atoms with Crippen molar-refractivity contribution in [3.63, 3.8) is 0 Å².